The minimum atomic E-state index is -0.199. The molecule has 60 heavy (non-hydrogen) atoms. The van der Waals surface area contributed by atoms with Gasteiger partial charge in [0.1, 0.15) is 22.9 Å². The summed E-state index contributed by atoms with van der Waals surface area (Å²) in [6, 6.07) is 24.2. The molecule has 1 aromatic heterocycles. The van der Waals surface area contributed by atoms with Crippen LogP contribution < -0.4 is 9.47 Å². The summed E-state index contributed by atoms with van der Waals surface area (Å²) in [5, 5.41) is 12.0. The SMILES string of the molecule is CCCCCCCCCCCCOc1ccc(-c2ccc3c(c2)N=C(c2[nH]c4cc(-c5ccc(OCCCCCCCCCCCC)cc5C)ccc4c2O)C3=O)c(C)c1. The van der Waals surface area contributed by atoms with E-state index in [1.165, 1.54) is 116 Å². The van der Waals surface area contributed by atoms with Gasteiger partial charge in [0.2, 0.25) is 5.78 Å². The Kier molecular flexibility index (Phi) is 17.3. The van der Waals surface area contributed by atoms with E-state index >= 15 is 0 Å². The Morgan fingerprint density at radius 2 is 0.983 bits per heavy atom. The number of ether oxygens (including phenoxy) is 2. The average molecular weight is 811 g/mol. The number of rotatable bonds is 27. The predicted molar refractivity (Wildman–Crippen MR) is 252 cm³/mol. The zero-order valence-corrected chi connectivity index (χ0v) is 37.1. The lowest BCUT2D eigenvalue weighted by atomic mass is 9.97. The van der Waals surface area contributed by atoms with Crippen LogP contribution in [0.5, 0.6) is 17.2 Å². The van der Waals surface area contributed by atoms with Gasteiger partial charge in [-0.15, -0.1) is 0 Å². The van der Waals surface area contributed by atoms with E-state index < -0.39 is 0 Å². The second kappa shape index (κ2) is 23.2. The van der Waals surface area contributed by atoms with Crippen molar-refractivity contribution in [3.63, 3.8) is 0 Å². The highest BCUT2D eigenvalue weighted by atomic mass is 16.5. The van der Waals surface area contributed by atoms with E-state index in [1.807, 2.05) is 48.5 Å². The number of carbonyl (C=O) groups is 1. The number of hydrogen-bond acceptors (Lipinski definition) is 5. The Labute approximate surface area is 360 Å². The van der Waals surface area contributed by atoms with Crippen molar-refractivity contribution in [2.24, 2.45) is 4.99 Å². The van der Waals surface area contributed by atoms with Crippen LogP contribution in [0, 0.1) is 13.8 Å². The number of fused-ring (bicyclic) bond motifs is 2. The van der Waals surface area contributed by atoms with E-state index in [0.29, 0.717) is 22.3 Å². The minimum absolute atomic E-state index is 0.0355. The number of aryl methyl sites for hydroxylation is 2. The van der Waals surface area contributed by atoms with Crippen molar-refractivity contribution in [3.8, 4) is 39.5 Å². The van der Waals surface area contributed by atoms with Crippen LogP contribution in [0.15, 0.2) is 77.8 Å². The van der Waals surface area contributed by atoms with Crippen LogP contribution in [0.2, 0.25) is 0 Å². The molecule has 0 amide bonds. The highest BCUT2D eigenvalue weighted by Gasteiger charge is 2.30. The van der Waals surface area contributed by atoms with Gasteiger partial charge in [0, 0.05) is 10.9 Å². The zero-order valence-electron chi connectivity index (χ0n) is 37.1. The molecule has 0 bridgehead atoms. The Morgan fingerprint density at radius 1 is 0.533 bits per heavy atom. The van der Waals surface area contributed by atoms with Crippen LogP contribution in [0.4, 0.5) is 5.69 Å². The quantitative estimate of drug-likeness (QED) is 0.0517. The number of nitrogens with zero attached hydrogens (tertiary/aromatic N) is 1. The first-order valence-corrected chi connectivity index (χ1v) is 23.5. The molecule has 0 radical (unpaired) electrons. The van der Waals surface area contributed by atoms with Gasteiger partial charge >= 0.3 is 0 Å². The molecule has 2 heterocycles. The Hall–Kier alpha value is -4.84. The fourth-order valence-electron chi connectivity index (χ4n) is 8.63. The van der Waals surface area contributed by atoms with E-state index in [-0.39, 0.29) is 17.2 Å². The fourth-order valence-corrected chi connectivity index (χ4v) is 8.63. The highest BCUT2D eigenvalue weighted by Crippen LogP contribution is 2.39. The van der Waals surface area contributed by atoms with E-state index in [0.717, 1.165) is 76.5 Å². The van der Waals surface area contributed by atoms with Crippen LogP contribution in [-0.4, -0.2) is 34.8 Å². The maximum absolute atomic E-state index is 13.7. The third-order valence-corrected chi connectivity index (χ3v) is 12.2. The lowest BCUT2D eigenvalue weighted by molar-refractivity contribution is 0.106. The Balaban J connectivity index is 1.02. The number of aromatic amines is 1. The first-order valence-electron chi connectivity index (χ1n) is 23.5. The summed E-state index contributed by atoms with van der Waals surface area (Å²) in [5.74, 6) is 1.62. The number of H-pyrrole nitrogens is 1. The van der Waals surface area contributed by atoms with Gasteiger partial charge < -0.3 is 19.6 Å². The molecule has 320 valence electrons. The summed E-state index contributed by atoms with van der Waals surface area (Å²) in [6.45, 7) is 10.2. The molecule has 4 aromatic carbocycles. The number of aliphatic imine (C=N–C) groups is 1. The van der Waals surface area contributed by atoms with Crippen LogP contribution in [0.25, 0.3) is 33.2 Å². The molecule has 2 N–H and O–H groups in total. The molecule has 0 saturated heterocycles. The minimum Gasteiger partial charge on any atom is -0.505 e. The Bertz CT molecular complexity index is 2180. The first kappa shape index (κ1) is 44.7. The number of unbranched alkanes of at least 4 members (excludes halogenated alkanes) is 18. The normalized spacial score (nSPS) is 12.3. The van der Waals surface area contributed by atoms with Gasteiger partial charge in [-0.25, -0.2) is 4.99 Å². The molecular formula is C54H70N2O4. The number of benzene rings is 4. The summed E-state index contributed by atoms with van der Waals surface area (Å²) in [5.41, 5.74) is 8.87. The summed E-state index contributed by atoms with van der Waals surface area (Å²) in [4.78, 5) is 21.8. The van der Waals surface area contributed by atoms with Gasteiger partial charge in [-0.05, 0) is 109 Å². The number of Topliss-reactive ketones (excluding diaryl/α,β-unsaturated/α-hetero) is 1. The number of carbonyl (C=O) groups excluding carboxylic acids is 1. The van der Waals surface area contributed by atoms with Crippen molar-refractivity contribution in [1.29, 1.82) is 0 Å². The fraction of sp³-hybridized carbons (Fsp3) is 0.481. The van der Waals surface area contributed by atoms with E-state index in [4.69, 9.17) is 14.5 Å². The zero-order chi connectivity index (χ0) is 42.1. The van der Waals surface area contributed by atoms with Gasteiger partial charge in [-0.2, -0.15) is 0 Å². The lowest BCUT2D eigenvalue weighted by Crippen LogP contribution is -2.11. The monoisotopic (exact) mass is 811 g/mol. The molecule has 0 fully saturated rings. The smallest absolute Gasteiger partial charge is 0.215 e. The lowest BCUT2D eigenvalue weighted by Gasteiger charge is -2.11. The second-order valence-corrected chi connectivity index (χ2v) is 17.1. The molecule has 5 aromatic rings. The topological polar surface area (TPSA) is 83.9 Å². The van der Waals surface area contributed by atoms with E-state index in [1.54, 1.807) is 0 Å². The molecule has 0 saturated carbocycles. The molecular weight excluding hydrogens is 741 g/mol. The van der Waals surface area contributed by atoms with Gasteiger partial charge in [0.05, 0.1) is 24.4 Å². The number of hydrogen-bond donors (Lipinski definition) is 2. The predicted octanol–water partition coefficient (Wildman–Crippen LogP) is 15.7. The van der Waals surface area contributed by atoms with Crippen LogP contribution >= 0.6 is 0 Å². The highest BCUT2D eigenvalue weighted by molar-refractivity contribution is 6.55. The van der Waals surface area contributed by atoms with Crippen molar-refractivity contribution >= 4 is 28.1 Å². The van der Waals surface area contributed by atoms with Crippen LogP contribution in [0.1, 0.15) is 169 Å². The number of nitrogens with one attached hydrogen (secondary N) is 1. The maximum Gasteiger partial charge on any atom is 0.215 e. The molecule has 6 heteroatoms. The maximum atomic E-state index is 13.7. The first-order chi connectivity index (χ1) is 29.4. The second-order valence-electron chi connectivity index (χ2n) is 17.1. The van der Waals surface area contributed by atoms with E-state index in [2.05, 4.69) is 56.9 Å². The third kappa shape index (κ3) is 12.1. The van der Waals surface area contributed by atoms with Crippen LogP contribution in [0.3, 0.4) is 0 Å². The standard InChI is InChI=1S/C54H70N2O4/c1-5-7-9-11-13-15-17-19-21-23-33-59-43-27-31-45(39(3)35-43)41-25-29-47-49(37-41)55-51(53(47)57)52-54(58)48-30-26-42(38-50(48)56-52)46-32-28-44(36-40(46)4)60-34-24-22-20-18-16-14-12-10-8-6-2/h25-32,35-38,55,57H,5-24,33-34H2,1-4H3. The van der Waals surface area contributed by atoms with Crippen molar-refractivity contribution in [2.75, 3.05) is 13.2 Å². The third-order valence-electron chi connectivity index (χ3n) is 12.2. The molecule has 0 atom stereocenters. The van der Waals surface area contributed by atoms with Crippen molar-refractivity contribution < 1.29 is 19.4 Å². The Morgan fingerprint density at radius 3 is 1.48 bits per heavy atom. The van der Waals surface area contributed by atoms with Crippen molar-refractivity contribution in [3.05, 3.63) is 95.2 Å². The van der Waals surface area contributed by atoms with Crippen molar-refractivity contribution in [1.82, 2.24) is 4.98 Å². The summed E-state index contributed by atoms with van der Waals surface area (Å²) in [6.07, 6.45) is 26.2. The molecule has 6 nitrogen and oxygen atoms in total. The van der Waals surface area contributed by atoms with Crippen LogP contribution in [-0.2, 0) is 0 Å². The van der Waals surface area contributed by atoms with E-state index in [9.17, 15) is 9.90 Å². The summed E-state index contributed by atoms with van der Waals surface area (Å²) in [7, 11) is 0. The van der Waals surface area contributed by atoms with Gasteiger partial charge in [0.15, 0.2) is 5.75 Å². The van der Waals surface area contributed by atoms with Gasteiger partial charge in [0.25, 0.3) is 0 Å². The largest absolute Gasteiger partial charge is 0.505 e. The molecule has 1 aliphatic rings. The number of aromatic hydroxyl groups is 1. The average Bonchev–Trinajstić information content (AvgIpc) is 3.76. The molecule has 0 spiro atoms. The number of ketones is 1. The van der Waals surface area contributed by atoms with Crippen molar-refractivity contribution in [2.45, 2.75) is 156 Å². The van der Waals surface area contributed by atoms with Gasteiger partial charge in [-0.1, -0.05) is 154 Å². The summed E-state index contributed by atoms with van der Waals surface area (Å²) < 4.78 is 12.2. The molecule has 0 unspecified atom stereocenters. The van der Waals surface area contributed by atoms with Gasteiger partial charge in [-0.3, -0.25) is 4.79 Å². The molecule has 6 rings (SSSR count). The molecule has 0 aliphatic carbocycles. The number of aromatic nitrogens is 1. The summed E-state index contributed by atoms with van der Waals surface area (Å²) >= 11 is 0. The molecule has 1 aliphatic heterocycles.